The summed E-state index contributed by atoms with van der Waals surface area (Å²) in [4.78, 5) is 10.5. The van der Waals surface area contributed by atoms with Gasteiger partial charge in [0.15, 0.2) is 28.7 Å². The SMILES string of the molecule is O=S=NCC(=O)CN=S=O. The molecule has 0 unspecified atom stereocenters. The first-order valence-electron chi connectivity index (χ1n) is 2.24. The normalized spacial score (nSPS) is 8.00. The first kappa shape index (κ1) is 9.31. The summed E-state index contributed by atoms with van der Waals surface area (Å²) in [5.41, 5.74) is 0. The summed E-state index contributed by atoms with van der Waals surface area (Å²) in [6, 6.07) is 0. The molecule has 0 rings (SSSR count). The van der Waals surface area contributed by atoms with Crippen molar-refractivity contribution in [3.8, 4) is 0 Å². The number of nitrogens with zero attached hydrogens (tertiary/aromatic N) is 2. The molecule has 7 heteroatoms. The molecule has 0 spiro atoms. The minimum Gasteiger partial charge on any atom is -0.295 e. The molecule has 56 valence electrons. The van der Waals surface area contributed by atoms with Gasteiger partial charge in [0.05, 0.1) is 0 Å². The Hall–Kier alpha value is -0.690. The number of carbonyl (C=O) groups excluding carboxylic acids is 1. The zero-order chi connectivity index (χ0) is 7.82. The number of Topliss-reactive ketones (excluding diaryl/α,β-unsaturated/α-hetero) is 1. The molecule has 0 amide bonds. The molecule has 0 aliphatic heterocycles. The third-order valence-corrected chi connectivity index (χ3v) is 1.06. The fourth-order valence-corrected chi connectivity index (χ4v) is 0.640. The van der Waals surface area contributed by atoms with Gasteiger partial charge in [-0.3, -0.25) is 4.79 Å². The van der Waals surface area contributed by atoms with Crippen molar-refractivity contribution in [3.05, 3.63) is 0 Å². The third kappa shape index (κ3) is 5.45. The van der Waals surface area contributed by atoms with Gasteiger partial charge in [0, 0.05) is 0 Å². The van der Waals surface area contributed by atoms with Gasteiger partial charge >= 0.3 is 0 Å². The Kier molecular flexibility index (Phi) is 5.99. The molecule has 0 atom stereocenters. The van der Waals surface area contributed by atoms with E-state index in [0.29, 0.717) is 0 Å². The highest BCUT2D eigenvalue weighted by atomic mass is 32.1. The Morgan fingerprint density at radius 1 is 1.10 bits per heavy atom. The van der Waals surface area contributed by atoms with Crippen molar-refractivity contribution in [2.24, 2.45) is 8.73 Å². The monoisotopic (exact) mass is 180 g/mol. The van der Waals surface area contributed by atoms with E-state index in [9.17, 15) is 13.2 Å². The van der Waals surface area contributed by atoms with Crippen molar-refractivity contribution in [3.63, 3.8) is 0 Å². The summed E-state index contributed by atoms with van der Waals surface area (Å²) < 4.78 is 25.5. The molecule has 0 aromatic rings. The second kappa shape index (κ2) is 6.43. The van der Waals surface area contributed by atoms with Crippen molar-refractivity contribution in [2.45, 2.75) is 0 Å². The minimum atomic E-state index is -0.327. The molecule has 0 aliphatic carbocycles. The van der Waals surface area contributed by atoms with Crippen LogP contribution < -0.4 is 0 Å². The van der Waals surface area contributed by atoms with Crippen LogP contribution in [0.3, 0.4) is 0 Å². The molecule has 0 radical (unpaired) electrons. The van der Waals surface area contributed by atoms with Crippen molar-refractivity contribution < 1.29 is 13.2 Å². The van der Waals surface area contributed by atoms with Gasteiger partial charge in [0.1, 0.15) is 13.1 Å². The number of hydrogen-bond acceptors (Lipinski definition) is 5. The van der Waals surface area contributed by atoms with E-state index in [1.807, 2.05) is 0 Å². The second-order valence-electron chi connectivity index (χ2n) is 1.26. The summed E-state index contributed by atoms with van der Waals surface area (Å²) in [6.07, 6.45) is 0. The Balaban J connectivity index is 3.63. The van der Waals surface area contributed by atoms with Crippen molar-refractivity contribution in [1.82, 2.24) is 0 Å². The molecule has 0 saturated heterocycles. The van der Waals surface area contributed by atoms with E-state index in [0.717, 1.165) is 0 Å². The smallest absolute Gasteiger partial charge is 0.199 e. The maximum absolute atomic E-state index is 10.5. The van der Waals surface area contributed by atoms with Gasteiger partial charge in [-0.1, -0.05) is 0 Å². The predicted octanol–water partition coefficient (Wildman–Crippen LogP) is -0.651. The lowest BCUT2D eigenvalue weighted by molar-refractivity contribution is -0.116. The van der Waals surface area contributed by atoms with Crippen LogP contribution in [0.1, 0.15) is 0 Å². The van der Waals surface area contributed by atoms with Gasteiger partial charge in [0.2, 0.25) is 0 Å². The standard InChI is InChI=1S/C3H4N2O3S2/c6-3(1-4-9-7)2-5-10-8/h1-2H2. The van der Waals surface area contributed by atoms with Gasteiger partial charge in [-0.25, -0.2) is 0 Å². The Morgan fingerprint density at radius 2 is 1.50 bits per heavy atom. The lowest BCUT2D eigenvalue weighted by Gasteiger charge is -1.82. The van der Waals surface area contributed by atoms with Gasteiger partial charge in [-0.2, -0.15) is 17.1 Å². The maximum Gasteiger partial charge on any atom is 0.199 e. The fourth-order valence-electron chi connectivity index (χ4n) is 0.247. The van der Waals surface area contributed by atoms with Crippen molar-refractivity contribution in [1.29, 1.82) is 0 Å². The Labute approximate surface area is 64.3 Å². The molecule has 0 aliphatic rings. The zero-order valence-electron chi connectivity index (χ0n) is 4.85. The third-order valence-electron chi connectivity index (χ3n) is 0.587. The summed E-state index contributed by atoms with van der Waals surface area (Å²) in [7, 11) is 0. The van der Waals surface area contributed by atoms with Crippen LogP contribution in [0.2, 0.25) is 0 Å². The highest BCUT2D eigenvalue weighted by molar-refractivity contribution is 7.54. The zero-order valence-corrected chi connectivity index (χ0v) is 6.48. The average Bonchev–Trinajstić information content (AvgIpc) is 1.97. The molecular formula is C3H4N2O3S2. The van der Waals surface area contributed by atoms with Gasteiger partial charge in [-0.05, 0) is 0 Å². The Bertz CT molecular complexity index is 194. The molecule has 0 N–H and O–H groups in total. The first-order chi connectivity index (χ1) is 4.81. The van der Waals surface area contributed by atoms with E-state index in [1.54, 1.807) is 0 Å². The van der Waals surface area contributed by atoms with Crippen LogP contribution in [0.4, 0.5) is 0 Å². The van der Waals surface area contributed by atoms with Crippen LogP contribution >= 0.6 is 0 Å². The molecule has 0 aromatic heterocycles. The van der Waals surface area contributed by atoms with Crippen LogP contribution in [-0.2, 0) is 27.7 Å². The molecule has 0 aromatic carbocycles. The van der Waals surface area contributed by atoms with Crippen LogP contribution in [0.5, 0.6) is 0 Å². The first-order valence-corrected chi connectivity index (χ1v) is 3.64. The van der Waals surface area contributed by atoms with Crippen LogP contribution in [0.25, 0.3) is 0 Å². The highest BCUT2D eigenvalue weighted by Gasteiger charge is 1.96. The Morgan fingerprint density at radius 3 is 1.80 bits per heavy atom. The number of rotatable bonds is 4. The van der Waals surface area contributed by atoms with E-state index in [-0.39, 0.29) is 41.8 Å². The molecule has 5 nitrogen and oxygen atoms in total. The molecular weight excluding hydrogens is 176 g/mol. The van der Waals surface area contributed by atoms with Crippen molar-refractivity contribution >= 4 is 28.7 Å². The summed E-state index contributed by atoms with van der Waals surface area (Å²) >= 11 is -0.0180. The highest BCUT2D eigenvalue weighted by Crippen LogP contribution is 1.75. The van der Waals surface area contributed by atoms with Gasteiger partial charge in [-0.15, -0.1) is 0 Å². The van der Waals surface area contributed by atoms with E-state index in [4.69, 9.17) is 0 Å². The van der Waals surface area contributed by atoms with Gasteiger partial charge < -0.3 is 0 Å². The lowest BCUT2D eigenvalue weighted by Crippen LogP contribution is -2.05. The second-order valence-corrected chi connectivity index (χ2v) is 2.08. The van der Waals surface area contributed by atoms with E-state index in [2.05, 4.69) is 8.73 Å². The lowest BCUT2D eigenvalue weighted by atomic mass is 10.4. The van der Waals surface area contributed by atoms with E-state index < -0.39 is 0 Å². The molecule has 0 fully saturated rings. The number of hydrogen-bond donors (Lipinski definition) is 0. The predicted molar refractivity (Wildman–Crippen MR) is 35.9 cm³/mol. The molecule has 0 bridgehead atoms. The topological polar surface area (TPSA) is 75.9 Å². The summed E-state index contributed by atoms with van der Waals surface area (Å²) in [5, 5.41) is 0. The maximum atomic E-state index is 10.5. The average molecular weight is 180 g/mol. The quantitative estimate of drug-likeness (QED) is 0.576. The summed E-state index contributed by atoms with van der Waals surface area (Å²) in [5.74, 6) is -0.327. The van der Waals surface area contributed by atoms with Crippen molar-refractivity contribution in [2.75, 3.05) is 13.1 Å². The fraction of sp³-hybridized carbons (Fsp3) is 0.667. The van der Waals surface area contributed by atoms with E-state index in [1.165, 1.54) is 0 Å². The molecule has 0 saturated carbocycles. The van der Waals surface area contributed by atoms with Crippen LogP contribution in [0, 0.1) is 0 Å². The van der Waals surface area contributed by atoms with Crippen LogP contribution in [0.15, 0.2) is 8.73 Å². The molecule has 10 heavy (non-hydrogen) atoms. The largest absolute Gasteiger partial charge is 0.295 e. The number of ketones is 1. The van der Waals surface area contributed by atoms with Crippen LogP contribution in [-0.4, -0.2) is 27.3 Å². The van der Waals surface area contributed by atoms with Gasteiger partial charge in [0.25, 0.3) is 0 Å². The number of carbonyl (C=O) groups is 1. The minimum absolute atomic E-state index is 0.00902. The van der Waals surface area contributed by atoms with E-state index >= 15 is 0 Å². The summed E-state index contributed by atoms with van der Waals surface area (Å²) in [6.45, 7) is -0.337. The molecule has 0 heterocycles.